The van der Waals surface area contributed by atoms with Gasteiger partial charge < -0.3 is 14.9 Å². The number of aliphatic carboxylic acids is 2. The monoisotopic (exact) mass is 218 g/mol. The standard InChI is InChI=1S/C9H14O6/c1-6(9(13)14)15-8(12)5-3-2-4-7(10)11/h6H,2-5H2,1H3,(H,10,11)(H,13,14). The van der Waals surface area contributed by atoms with Gasteiger partial charge in [0.15, 0.2) is 6.10 Å². The van der Waals surface area contributed by atoms with Crippen LogP contribution >= 0.6 is 0 Å². The Labute approximate surface area is 86.8 Å². The molecule has 6 heteroatoms. The molecule has 0 fully saturated rings. The van der Waals surface area contributed by atoms with Crippen molar-refractivity contribution in [1.29, 1.82) is 0 Å². The summed E-state index contributed by atoms with van der Waals surface area (Å²) < 4.78 is 4.53. The third kappa shape index (κ3) is 7.48. The van der Waals surface area contributed by atoms with Crippen molar-refractivity contribution < 1.29 is 29.3 Å². The van der Waals surface area contributed by atoms with Crippen LogP contribution < -0.4 is 0 Å². The highest BCUT2D eigenvalue weighted by molar-refractivity contribution is 5.77. The maximum absolute atomic E-state index is 11.0. The summed E-state index contributed by atoms with van der Waals surface area (Å²) in [5.41, 5.74) is 0. The maximum Gasteiger partial charge on any atom is 0.344 e. The van der Waals surface area contributed by atoms with Crippen LogP contribution in [0.25, 0.3) is 0 Å². The van der Waals surface area contributed by atoms with Gasteiger partial charge in [-0.15, -0.1) is 0 Å². The minimum Gasteiger partial charge on any atom is -0.481 e. The molecule has 0 saturated carbocycles. The summed E-state index contributed by atoms with van der Waals surface area (Å²) in [5.74, 6) is -2.73. The predicted molar refractivity (Wildman–Crippen MR) is 49.3 cm³/mol. The Morgan fingerprint density at radius 2 is 1.67 bits per heavy atom. The molecule has 0 aromatic heterocycles. The smallest absolute Gasteiger partial charge is 0.344 e. The van der Waals surface area contributed by atoms with E-state index < -0.39 is 24.0 Å². The third-order valence-corrected chi connectivity index (χ3v) is 1.68. The first kappa shape index (κ1) is 13.4. The molecule has 0 aliphatic heterocycles. The average molecular weight is 218 g/mol. The zero-order valence-electron chi connectivity index (χ0n) is 8.43. The molecule has 0 saturated heterocycles. The number of carboxylic acids is 2. The van der Waals surface area contributed by atoms with E-state index in [2.05, 4.69) is 4.74 Å². The number of carbonyl (C=O) groups is 3. The van der Waals surface area contributed by atoms with E-state index in [1.54, 1.807) is 0 Å². The van der Waals surface area contributed by atoms with Crippen LogP contribution in [0.4, 0.5) is 0 Å². The molecule has 0 aromatic carbocycles. The third-order valence-electron chi connectivity index (χ3n) is 1.68. The summed E-state index contributed by atoms with van der Waals surface area (Å²) in [6.07, 6.45) is -0.340. The summed E-state index contributed by atoms with van der Waals surface area (Å²) in [6, 6.07) is 0. The van der Waals surface area contributed by atoms with E-state index >= 15 is 0 Å². The molecule has 0 aromatic rings. The van der Waals surface area contributed by atoms with Gasteiger partial charge in [0.1, 0.15) is 0 Å². The lowest BCUT2D eigenvalue weighted by Crippen LogP contribution is -2.23. The topological polar surface area (TPSA) is 101 Å². The second-order valence-electron chi connectivity index (χ2n) is 3.07. The van der Waals surface area contributed by atoms with E-state index in [4.69, 9.17) is 10.2 Å². The van der Waals surface area contributed by atoms with Gasteiger partial charge in [-0.05, 0) is 19.8 Å². The fourth-order valence-corrected chi connectivity index (χ4v) is 0.852. The molecular weight excluding hydrogens is 204 g/mol. The Bertz CT molecular complexity index is 247. The maximum atomic E-state index is 11.0. The number of hydrogen-bond acceptors (Lipinski definition) is 4. The number of ether oxygens (including phenoxy) is 1. The fourth-order valence-electron chi connectivity index (χ4n) is 0.852. The summed E-state index contributed by atoms with van der Waals surface area (Å²) in [5, 5.41) is 16.7. The van der Waals surface area contributed by atoms with Gasteiger partial charge >= 0.3 is 17.9 Å². The van der Waals surface area contributed by atoms with Gasteiger partial charge in [-0.2, -0.15) is 0 Å². The Morgan fingerprint density at radius 3 is 2.13 bits per heavy atom. The minimum atomic E-state index is -1.20. The van der Waals surface area contributed by atoms with Crippen LogP contribution in [0.15, 0.2) is 0 Å². The van der Waals surface area contributed by atoms with Crippen molar-refractivity contribution in [2.45, 2.75) is 38.7 Å². The van der Waals surface area contributed by atoms with Crippen LogP contribution in [0.2, 0.25) is 0 Å². The zero-order valence-corrected chi connectivity index (χ0v) is 8.43. The molecule has 1 unspecified atom stereocenters. The van der Waals surface area contributed by atoms with E-state index in [1.165, 1.54) is 6.92 Å². The molecule has 0 radical (unpaired) electrons. The highest BCUT2D eigenvalue weighted by atomic mass is 16.6. The number of unbranched alkanes of at least 4 members (excludes halogenated alkanes) is 1. The first-order valence-corrected chi connectivity index (χ1v) is 4.57. The first-order chi connectivity index (χ1) is 6.93. The van der Waals surface area contributed by atoms with E-state index in [0.717, 1.165) is 0 Å². The van der Waals surface area contributed by atoms with Gasteiger partial charge in [0, 0.05) is 12.8 Å². The fraction of sp³-hybridized carbons (Fsp3) is 0.667. The van der Waals surface area contributed by atoms with Gasteiger partial charge in [0.2, 0.25) is 0 Å². The second kappa shape index (κ2) is 6.80. The first-order valence-electron chi connectivity index (χ1n) is 4.57. The Kier molecular flexibility index (Phi) is 6.08. The summed E-state index contributed by atoms with van der Waals surface area (Å²) in [4.78, 5) is 31.4. The van der Waals surface area contributed by atoms with Crippen LogP contribution in [0, 0.1) is 0 Å². The van der Waals surface area contributed by atoms with E-state index in [9.17, 15) is 14.4 Å². The molecule has 0 amide bonds. The molecule has 0 heterocycles. The van der Waals surface area contributed by atoms with E-state index in [-0.39, 0.29) is 12.8 Å². The summed E-state index contributed by atoms with van der Waals surface area (Å²) >= 11 is 0. The van der Waals surface area contributed by atoms with Crippen molar-refractivity contribution in [3.8, 4) is 0 Å². The quantitative estimate of drug-likeness (QED) is 0.480. The largest absolute Gasteiger partial charge is 0.481 e. The number of carboxylic acid groups (broad SMARTS) is 2. The predicted octanol–water partition coefficient (Wildman–Crippen LogP) is 0.648. The number of rotatable bonds is 7. The molecule has 0 aliphatic rings. The molecule has 0 aliphatic carbocycles. The molecule has 0 spiro atoms. The zero-order chi connectivity index (χ0) is 11.8. The van der Waals surface area contributed by atoms with E-state index in [0.29, 0.717) is 12.8 Å². The van der Waals surface area contributed by atoms with Crippen molar-refractivity contribution in [1.82, 2.24) is 0 Å². The summed E-state index contributed by atoms with van der Waals surface area (Å²) in [6.45, 7) is 1.26. The SMILES string of the molecule is CC(OC(=O)CCCCC(=O)O)C(=O)O. The summed E-state index contributed by atoms with van der Waals surface area (Å²) in [7, 11) is 0. The number of hydrogen-bond donors (Lipinski definition) is 2. The van der Waals surface area contributed by atoms with Crippen LogP contribution in [-0.2, 0) is 19.1 Å². The van der Waals surface area contributed by atoms with Crippen molar-refractivity contribution >= 4 is 17.9 Å². The molecule has 15 heavy (non-hydrogen) atoms. The molecule has 0 rings (SSSR count). The minimum absolute atomic E-state index is 0.00175. The molecule has 1 atom stereocenters. The lowest BCUT2D eigenvalue weighted by atomic mass is 10.2. The Balaban J connectivity index is 3.58. The lowest BCUT2D eigenvalue weighted by molar-refractivity contribution is -0.162. The average Bonchev–Trinajstić information content (AvgIpc) is 2.12. The Hall–Kier alpha value is -1.59. The van der Waals surface area contributed by atoms with Gasteiger partial charge in [-0.1, -0.05) is 0 Å². The molecular formula is C9H14O6. The molecule has 0 bridgehead atoms. The van der Waals surface area contributed by atoms with Crippen molar-refractivity contribution in [3.63, 3.8) is 0 Å². The molecule has 2 N–H and O–H groups in total. The van der Waals surface area contributed by atoms with Gasteiger partial charge in [-0.3, -0.25) is 9.59 Å². The second-order valence-corrected chi connectivity index (χ2v) is 3.07. The number of carbonyl (C=O) groups excluding carboxylic acids is 1. The Morgan fingerprint density at radius 1 is 1.13 bits per heavy atom. The van der Waals surface area contributed by atoms with Crippen LogP contribution in [0.1, 0.15) is 32.6 Å². The lowest BCUT2D eigenvalue weighted by Gasteiger charge is -2.07. The number of esters is 1. The van der Waals surface area contributed by atoms with Gasteiger partial charge in [0.25, 0.3) is 0 Å². The van der Waals surface area contributed by atoms with Crippen molar-refractivity contribution in [2.75, 3.05) is 0 Å². The van der Waals surface area contributed by atoms with Crippen molar-refractivity contribution in [3.05, 3.63) is 0 Å². The van der Waals surface area contributed by atoms with E-state index in [1.807, 2.05) is 0 Å². The van der Waals surface area contributed by atoms with Crippen LogP contribution in [0.5, 0.6) is 0 Å². The van der Waals surface area contributed by atoms with Crippen LogP contribution in [-0.4, -0.2) is 34.2 Å². The highest BCUT2D eigenvalue weighted by Gasteiger charge is 2.15. The highest BCUT2D eigenvalue weighted by Crippen LogP contribution is 2.03. The van der Waals surface area contributed by atoms with Gasteiger partial charge in [-0.25, -0.2) is 4.79 Å². The molecule has 86 valence electrons. The normalized spacial score (nSPS) is 11.8. The molecule has 6 nitrogen and oxygen atoms in total. The van der Waals surface area contributed by atoms with Crippen molar-refractivity contribution in [2.24, 2.45) is 0 Å². The van der Waals surface area contributed by atoms with Crippen LogP contribution in [0.3, 0.4) is 0 Å². The van der Waals surface area contributed by atoms with Gasteiger partial charge in [0.05, 0.1) is 0 Å².